The molecule has 1 saturated heterocycles. The van der Waals surface area contributed by atoms with Crippen LogP contribution < -0.4 is 10.9 Å². The Hall–Kier alpha value is -4.40. The van der Waals surface area contributed by atoms with Gasteiger partial charge in [-0.2, -0.15) is 0 Å². The van der Waals surface area contributed by atoms with Crippen molar-refractivity contribution in [1.82, 2.24) is 30.2 Å². The maximum atomic E-state index is 13.6. The van der Waals surface area contributed by atoms with Gasteiger partial charge in [0.15, 0.2) is 13.9 Å². The van der Waals surface area contributed by atoms with Crippen LogP contribution in [0.2, 0.25) is 18.1 Å². The average molecular weight is 849 g/mol. The van der Waals surface area contributed by atoms with Crippen molar-refractivity contribution in [3.05, 3.63) is 99.8 Å². The highest BCUT2D eigenvalue weighted by Crippen LogP contribution is 2.51. The molecule has 12 nitrogen and oxygen atoms in total. The van der Waals surface area contributed by atoms with Gasteiger partial charge >= 0.3 is 5.97 Å². The first-order valence-electron chi connectivity index (χ1n) is 22.4. The number of piperidine rings is 1. The van der Waals surface area contributed by atoms with Crippen molar-refractivity contribution in [2.45, 2.75) is 128 Å². The van der Waals surface area contributed by atoms with Crippen molar-refractivity contribution in [2.75, 3.05) is 26.2 Å². The Balaban J connectivity index is 0.813. The number of carbonyl (C=O) groups is 1. The molecule has 3 heterocycles. The Morgan fingerprint density at radius 3 is 2.46 bits per heavy atom. The quantitative estimate of drug-likeness (QED) is 0.0601. The summed E-state index contributed by atoms with van der Waals surface area (Å²) in [5, 5.41) is 35.8. The van der Waals surface area contributed by atoms with E-state index in [9.17, 15) is 19.8 Å². The fourth-order valence-electron chi connectivity index (χ4n) is 9.82. The molecule has 326 valence electrons. The monoisotopic (exact) mass is 848 g/mol. The number of phenols is 1. The van der Waals surface area contributed by atoms with Crippen LogP contribution in [0.3, 0.4) is 0 Å². The molecule has 3 aromatic carbocycles. The van der Waals surface area contributed by atoms with Crippen LogP contribution in [0.1, 0.15) is 101 Å². The van der Waals surface area contributed by atoms with Gasteiger partial charge in [-0.05, 0) is 129 Å². The van der Waals surface area contributed by atoms with Gasteiger partial charge in [0.1, 0.15) is 17.4 Å². The number of likely N-dealkylation sites (tertiary alicyclic amines) is 1. The number of ether oxygens (including phenoxy) is 1. The van der Waals surface area contributed by atoms with Crippen molar-refractivity contribution in [3.63, 3.8) is 0 Å². The second-order valence-electron chi connectivity index (χ2n) is 19.7. The third-order valence-corrected chi connectivity index (χ3v) is 19.0. The van der Waals surface area contributed by atoms with Gasteiger partial charge in [-0.3, -0.25) is 4.79 Å². The molecule has 2 aromatic heterocycles. The summed E-state index contributed by atoms with van der Waals surface area (Å²) in [5.41, 5.74) is 3.39. The number of aromatic amines is 1. The van der Waals surface area contributed by atoms with Crippen molar-refractivity contribution in [2.24, 2.45) is 11.3 Å². The summed E-state index contributed by atoms with van der Waals surface area (Å²) in [6.45, 7) is 16.2. The Bertz CT molecular complexity index is 2370. The van der Waals surface area contributed by atoms with Gasteiger partial charge in [-0.15, -0.1) is 5.10 Å². The predicted octanol–water partition coefficient (Wildman–Crippen LogP) is 8.09. The minimum atomic E-state index is -2.20. The van der Waals surface area contributed by atoms with Crippen LogP contribution >= 0.6 is 0 Å². The highest BCUT2D eigenvalue weighted by molar-refractivity contribution is 6.74. The number of aromatic nitrogens is 4. The molecule has 13 heteroatoms. The summed E-state index contributed by atoms with van der Waals surface area (Å²) in [7, 11) is -2.20. The molecule has 2 saturated carbocycles. The molecule has 0 bridgehead atoms. The predicted molar refractivity (Wildman–Crippen MR) is 241 cm³/mol. The van der Waals surface area contributed by atoms with E-state index in [4.69, 9.17) is 9.16 Å². The van der Waals surface area contributed by atoms with E-state index in [1.165, 1.54) is 6.07 Å². The highest BCUT2D eigenvalue weighted by atomic mass is 28.4. The molecule has 5 aromatic rings. The van der Waals surface area contributed by atoms with E-state index in [0.29, 0.717) is 24.2 Å². The molecule has 1 unspecified atom stereocenters. The van der Waals surface area contributed by atoms with E-state index in [-0.39, 0.29) is 39.9 Å². The normalized spacial score (nSPS) is 19.3. The second kappa shape index (κ2) is 17.4. The highest BCUT2D eigenvalue weighted by Gasteiger charge is 2.52. The van der Waals surface area contributed by atoms with E-state index in [0.717, 1.165) is 112 Å². The summed E-state index contributed by atoms with van der Waals surface area (Å²) in [5.74, 6) is -0.519. The number of hydrogen-bond acceptors (Lipinski definition) is 10. The number of fused-ring (bicyclic) bond motifs is 2. The van der Waals surface area contributed by atoms with Crippen LogP contribution in [0.25, 0.3) is 21.9 Å². The van der Waals surface area contributed by atoms with Crippen molar-refractivity contribution in [3.8, 4) is 5.75 Å². The number of nitrogens with one attached hydrogen (secondary N) is 2. The molecule has 0 amide bonds. The minimum absolute atomic E-state index is 0.00650. The number of H-pyrrole nitrogens is 1. The van der Waals surface area contributed by atoms with Crippen molar-refractivity contribution >= 4 is 36.2 Å². The van der Waals surface area contributed by atoms with Crippen LogP contribution in [0.4, 0.5) is 0 Å². The summed E-state index contributed by atoms with van der Waals surface area (Å²) >= 11 is 0. The number of aromatic hydroxyl groups is 1. The van der Waals surface area contributed by atoms with Gasteiger partial charge in [-0.25, -0.2) is 9.48 Å². The lowest BCUT2D eigenvalue weighted by molar-refractivity contribution is -0.192. The van der Waals surface area contributed by atoms with E-state index in [2.05, 4.69) is 77.6 Å². The number of rotatable bonds is 15. The minimum Gasteiger partial charge on any atom is -0.506 e. The first-order valence-corrected chi connectivity index (χ1v) is 25.3. The molecule has 2 aliphatic carbocycles. The van der Waals surface area contributed by atoms with Crippen LogP contribution in [0.15, 0.2) is 77.6 Å². The van der Waals surface area contributed by atoms with Gasteiger partial charge in [0.2, 0.25) is 5.56 Å². The molecule has 3 aliphatic rings. The number of phenolic OH excluding ortho intramolecular Hbond substituents is 1. The van der Waals surface area contributed by atoms with Crippen LogP contribution in [-0.2, 0) is 32.6 Å². The lowest BCUT2D eigenvalue weighted by atomic mass is 9.61. The first kappa shape index (κ1) is 43.3. The van der Waals surface area contributed by atoms with Crippen LogP contribution in [0.5, 0.6) is 5.75 Å². The Labute approximate surface area is 360 Å². The topological polar surface area (TPSA) is 155 Å². The fourth-order valence-corrected chi connectivity index (χ4v) is 11.1. The summed E-state index contributed by atoms with van der Waals surface area (Å²) in [4.78, 5) is 31.1. The molecule has 0 radical (unpaired) electrons. The summed E-state index contributed by atoms with van der Waals surface area (Å²) in [6, 6.07) is 22.5. The summed E-state index contributed by atoms with van der Waals surface area (Å²) in [6.07, 6.45) is 8.31. The van der Waals surface area contributed by atoms with Crippen molar-refractivity contribution in [1.29, 1.82) is 0 Å². The lowest BCUT2D eigenvalue weighted by Crippen LogP contribution is -2.52. The maximum absolute atomic E-state index is 13.6. The van der Waals surface area contributed by atoms with Crippen LogP contribution in [-0.4, -0.2) is 81.7 Å². The van der Waals surface area contributed by atoms with Gasteiger partial charge in [0.25, 0.3) is 0 Å². The van der Waals surface area contributed by atoms with Gasteiger partial charge in [-0.1, -0.05) is 81.3 Å². The molecule has 3 fully saturated rings. The van der Waals surface area contributed by atoms with E-state index in [1.54, 1.807) is 12.1 Å². The number of nitrogens with zero attached hydrogens (tertiary/aromatic N) is 4. The molecule has 1 aliphatic heterocycles. The number of benzene rings is 3. The van der Waals surface area contributed by atoms with E-state index >= 15 is 0 Å². The molecular weight excluding hydrogens is 785 g/mol. The molecular formula is C48H64N6O6Si. The molecule has 8 rings (SSSR count). The number of aryl methyl sites for hydroxylation is 1. The zero-order valence-corrected chi connectivity index (χ0v) is 37.6. The Morgan fingerprint density at radius 2 is 1.74 bits per heavy atom. The smallest absolute Gasteiger partial charge is 0.343 e. The van der Waals surface area contributed by atoms with E-state index in [1.807, 2.05) is 41.1 Å². The van der Waals surface area contributed by atoms with E-state index < -0.39 is 19.9 Å². The number of pyridine rings is 1. The zero-order chi connectivity index (χ0) is 43.0. The zero-order valence-electron chi connectivity index (χ0n) is 36.6. The average Bonchev–Trinajstić information content (AvgIpc) is 3.92. The number of esters is 1. The Kier molecular flexibility index (Phi) is 12.3. The Morgan fingerprint density at radius 1 is 1.00 bits per heavy atom. The third-order valence-electron chi connectivity index (χ3n) is 14.6. The maximum Gasteiger partial charge on any atom is 0.343 e. The van der Waals surface area contributed by atoms with Gasteiger partial charge in [0, 0.05) is 37.0 Å². The van der Waals surface area contributed by atoms with Crippen LogP contribution in [0, 0.1) is 11.3 Å². The second-order valence-corrected chi connectivity index (χ2v) is 24.4. The molecule has 1 spiro atoms. The number of aliphatic hydroxyl groups is 1. The summed E-state index contributed by atoms with van der Waals surface area (Å²) < 4.78 is 15.1. The first-order chi connectivity index (χ1) is 29.1. The SMILES string of the molecule is CC(C)(C)[Si](C)(C)O[C@@H](CNCc1ccc2c(c1)nnn2CCCN1CCC2(CC1)CC(OC(=O)C(O)(c1ccccc1)C1CCCC1)C2)c1ccc(O)c2[nH]c(=O)ccc12. The lowest BCUT2D eigenvalue weighted by Gasteiger charge is -2.52. The fraction of sp³-hybridized carbons (Fsp3) is 0.542. The number of hydrogen-bond donors (Lipinski definition) is 4. The molecule has 4 N–H and O–H groups in total. The third kappa shape index (κ3) is 9.08. The number of carbonyl (C=O) groups excluding carboxylic acids is 1. The standard InChI is InChI=1S/C48H64N6O6Si/c1-46(2,3)61(4,5)60-42(37-17-20-41(55)44-38(37)18-21-43(56)50-44)32-49-31-33-16-19-40-39(28-33)51-52-54(40)25-11-24-53-26-22-47(23-27-53)29-36(30-47)59-45(57)48(58,35-14-9-10-15-35)34-12-7-6-8-13-34/h6-8,12-13,16-21,28,35-36,42,49,55,58H,9-11,14-15,22-27,29-32H2,1-5H3,(H,50,56)/t42-,48?/m0/s1. The molecule has 2 atom stereocenters. The van der Waals surface area contributed by atoms with Gasteiger partial charge in [0.05, 0.1) is 17.1 Å². The molecule has 61 heavy (non-hydrogen) atoms. The van der Waals surface area contributed by atoms with Crippen molar-refractivity contribution < 1.29 is 24.2 Å². The largest absolute Gasteiger partial charge is 0.506 e. The van der Waals surface area contributed by atoms with Gasteiger partial charge < -0.3 is 34.6 Å².